The van der Waals surface area contributed by atoms with Gasteiger partial charge in [-0.3, -0.25) is 0 Å². The number of sulfonamides is 1. The Labute approximate surface area is 113 Å². The summed E-state index contributed by atoms with van der Waals surface area (Å²) in [6, 6.07) is 12.9. The Balaban J connectivity index is 2.18. The van der Waals surface area contributed by atoms with Crippen molar-refractivity contribution in [2.24, 2.45) is 0 Å². The maximum absolute atomic E-state index is 12.1. The third-order valence-corrected chi connectivity index (χ3v) is 4.46. The lowest BCUT2D eigenvalue weighted by molar-refractivity contribution is -0.368. The lowest BCUT2D eigenvalue weighted by Crippen LogP contribution is -2.50. The minimum atomic E-state index is -3.40. The van der Waals surface area contributed by atoms with Gasteiger partial charge in [0.2, 0.25) is 10.0 Å². The number of unbranched alkanes of at least 4 members (excludes halogenated alkanes) is 1. The molecule has 0 heterocycles. The number of quaternary nitrogens is 1. The van der Waals surface area contributed by atoms with Crippen LogP contribution in [0.5, 0.6) is 0 Å². The molecule has 2 aromatic rings. The van der Waals surface area contributed by atoms with Crippen LogP contribution in [-0.4, -0.2) is 21.5 Å². The number of fused-ring (bicyclic) bond motifs is 1. The standard InChI is InChI=1S/C14H18N2O2S/c15-9-3-4-10-16-19(17,18)14-8-7-12-5-1-2-6-13(12)11-14/h1-2,5-8,11,16H,3-4,9-10,15H2/p+1. The van der Waals surface area contributed by atoms with Gasteiger partial charge < -0.3 is 5.73 Å². The minimum absolute atomic E-state index is 0.320. The maximum atomic E-state index is 12.1. The van der Waals surface area contributed by atoms with Crippen molar-refractivity contribution < 1.29 is 14.2 Å². The molecule has 0 unspecified atom stereocenters. The normalized spacial score (nSPS) is 11.8. The van der Waals surface area contributed by atoms with Crippen LogP contribution in [0.2, 0.25) is 0 Å². The second-order valence-electron chi connectivity index (χ2n) is 4.47. The molecule has 0 aliphatic carbocycles. The Morgan fingerprint density at radius 3 is 2.47 bits per heavy atom. The molecule has 2 rings (SSSR count). The van der Waals surface area contributed by atoms with Crippen molar-refractivity contribution in [1.82, 2.24) is 4.72 Å². The van der Waals surface area contributed by atoms with E-state index in [0.29, 0.717) is 11.4 Å². The summed E-state index contributed by atoms with van der Waals surface area (Å²) in [6.07, 6.45) is 1.75. The van der Waals surface area contributed by atoms with Crippen molar-refractivity contribution in [3.8, 4) is 0 Å². The van der Waals surface area contributed by atoms with Crippen LogP contribution in [0.25, 0.3) is 10.8 Å². The SMILES string of the molecule is [NH3+]CCCCNS(=O)(=O)c1ccc2ccccc2c1. The van der Waals surface area contributed by atoms with E-state index in [9.17, 15) is 8.42 Å². The molecule has 0 atom stereocenters. The van der Waals surface area contributed by atoms with E-state index in [0.717, 1.165) is 30.2 Å². The van der Waals surface area contributed by atoms with E-state index in [1.165, 1.54) is 0 Å². The molecule has 19 heavy (non-hydrogen) atoms. The number of hydrogen-bond acceptors (Lipinski definition) is 2. The van der Waals surface area contributed by atoms with Gasteiger partial charge >= 0.3 is 0 Å². The molecule has 0 aliphatic heterocycles. The van der Waals surface area contributed by atoms with Gasteiger partial charge in [-0.05, 0) is 35.7 Å². The van der Waals surface area contributed by atoms with E-state index in [1.54, 1.807) is 12.1 Å². The van der Waals surface area contributed by atoms with Crippen molar-refractivity contribution >= 4 is 20.8 Å². The largest absolute Gasteiger partial charge is 0.358 e. The molecule has 0 bridgehead atoms. The van der Waals surface area contributed by atoms with Gasteiger partial charge in [0.15, 0.2) is 0 Å². The molecule has 0 aliphatic rings. The van der Waals surface area contributed by atoms with Gasteiger partial charge in [0, 0.05) is 6.54 Å². The summed E-state index contributed by atoms with van der Waals surface area (Å²) in [6.45, 7) is 1.29. The number of benzene rings is 2. The van der Waals surface area contributed by atoms with E-state index in [-0.39, 0.29) is 0 Å². The highest BCUT2D eigenvalue weighted by Crippen LogP contribution is 2.18. The van der Waals surface area contributed by atoms with Crippen molar-refractivity contribution in [3.63, 3.8) is 0 Å². The second-order valence-corrected chi connectivity index (χ2v) is 6.23. The highest BCUT2D eigenvalue weighted by atomic mass is 32.2. The topological polar surface area (TPSA) is 73.8 Å². The quantitative estimate of drug-likeness (QED) is 0.778. The van der Waals surface area contributed by atoms with Crippen molar-refractivity contribution in [2.45, 2.75) is 17.7 Å². The Kier molecular flexibility index (Phi) is 4.52. The Morgan fingerprint density at radius 1 is 1.00 bits per heavy atom. The minimum Gasteiger partial charge on any atom is -0.358 e. The first kappa shape index (κ1) is 14.0. The molecule has 102 valence electrons. The Hall–Kier alpha value is -1.43. The highest BCUT2D eigenvalue weighted by Gasteiger charge is 2.13. The number of rotatable bonds is 6. The first-order valence-corrected chi connectivity index (χ1v) is 7.89. The van der Waals surface area contributed by atoms with E-state index in [1.807, 2.05) is 30.3 Å². The zero-order valence-electron chi connectivity index (χ0n) is 10.8. The van der Waals surface area contributed by atoms with Gasteiger partial charge in [-0.2, -0.15) is 0 Å². The third-order valence-electron chi connectivity index (χ3n) is 3.00. The summed E-state index contributed by atoms with van der Waals surface area (Å²) in [4.78, 5) is 0.320. The van der Waals surface area contributed by atoms with Crippen LogP contribution >= 0.6 is 0 Å². The summed E-state index contributed by atoms with van der Waals surface area (Å²) in [7, 11) is -3.40. The Bertz CT molecular complexity index is 653. The molecule has 0 fully saturated rings. The lowest BCUT2D eigenvalue weighted by atomic mass is 10.1. The van der Waals surface area contributed by atoms with Gasteiger partial charge in [-0.25, -0.2) is 13.1 Å². The molecule has 0 saturated carbocycles. The molecular formula is C14H19N2O2S+. The summed E-state index contributed by atoms with van der Waals surface area (Å²) in [5.41, 5.74) is 3.73. The summed E-state index contributed by atoms with van der Waals surface area (Å²) in [5.74, 6) is 0. The average molecular weight is 279 g/mol. The lowest BCUT2D eigenvalue weighted by Gasteiger charge is -2.07. The van der Waals surface area contributed by atoms with Gasteiger partial charge in [-0.1, -0.05) is 30.3 Å². The van der Waals surface area contributed by atoms with Crippen molar-refractivity contribution in [2.75, 3.05) is 13.1 Å². The molecule has 2 aromatic carbocycles. The van der Waals surface area contributed by atoms with E-state index in [4.69, 9.17) is 0 Å². The fourth-order valence-corrected chi connectivity index (χ4v) is 3.04. The first-order valence-electron chi connectivity index (χ1n) is 6.41. The fraction of sp³-hybridized carbons (Fsp3) is 0.286. The van der Waals surface area contributed by atoms with Gasteiger partial charge in [0.25, 0.3) is 0 Å². The Morgan fingerprint density at radius 2 is 1.74 bits per heavy atom. The van der Waals surface area contributed by atoms with Gasteiger partial charge in [-0.15, -0.1) is 0 Å². The number of hydrogen-bond donors (Lipinski definition) is 2. The van der Waals surface area contributed by atoms with Crippen LogP contribution in [0.4, 0.5) is 0 Å². The fourth-order valence-electron chi connectivity index (χ4n) is 1.93. The zero-order valence-corrected chi connectivity index (χ0v) is 11.6. The predicted molar refractivity (Wildman–Crippen MR) is 76.1 cm³/mol. The maximum Gasteiger partial charge on any atom is 0.240 e. The van der Waals surface area contributed by atoms with Crippen molar-refractivity contribution in [3.05, 3.63) is 42.5 Å². The van der Waals surface area contributed by atoms with Crippen molar-refractivity contribution in [1.29, 1.82) is 0 Å². The van der Waals surface area contributed by atoms with Gasteiger partial charge in [0.05, 0.1) is 11.4 Å². The van der Waals surface area contributed by atoms with Crippen LogP contribution in [0, 0.1) is 0 Å². The molecule has 0 amide bonds. The van der Waals surface area contributed by atoms with E-state index < -0.39 is 10.0 Å². The molecule has 0 aromatic heterocycles. The summed E-state index contributed by atoms with van der Waals surface area (Å²) >= 11 is 0. The van der Waals surface area contributed by atoms with Crippen LogP contribution < -0.4 is 10.5 Å². The molecule has 0 saturated heterocycles. The van der Waals surface area contributed by atoms with E-state index >= 15 is 0 Å². The van der Waals surface area contributed by atoms with Crippen LogP contribution in [0.3, 0.4) is 0 Å². The molecule has 5 heteroatoms. The number of nitrogens with one attached hydrogen (secondary N) is 1. The zero-order chi connectivity index (χ0) is 13.7. The summed E-state index contributed by atoms with van der Waals surface area (Å²) < 4.78 is 26.8. The second kappa shape index (κ2) is 6.14. The highest BCUT2D eigenvalue weighted by molar-refractivity contribution is 7.89. The molecule has 0 radical (unpaired) electrons. The molecular weight excluding hydrogens is 260 g/mol. The average Bonchev–Trinajstić information content (AvgIpc) is 2.43. The smallest absolute Gasteiger partial charge is 0.240 e. The monoisotopic (exact) mass is 279 g/mol. The van der Waals surface area contributed by atoms with Gasteiger partial charge in [0.1, 0.15) is 0 Å². The van der Waals surface area contributed by atoms with E-state index in [2.05, 4.69) is 10.5 Å². The predicted octanol–water partition coefficient (Wildman–Crippen LogP) is 1.14. The van der Waals surface area contributed by atoms with Crippen LogP contribution in [0.15, 0.2) is 47.4 Å². The van der Waals surface area contributed by atoms with Crippen LogP contribution in [0.1, 0.15) is 12.8 Å². The third kappa shape index (κ3) is 3.53. The summed E-state index contributed by atoms with van der Waals surface area (Å²) in [5, 5.41) is 1.97. The molecule has 0 spiro atoms. The molecule has 4 nitrogen and oxygen atoms in total. The first-order chi connectivity index (χ1) is 9.13. The van der Waals surface area contributed by atoms with Crippen LogP contribution in [-0.2, 0) is 10.0 Å². The molecule has 4 N–H and O–H groups in total.